The van der Waals surface area contributed by atoms with Crippen LogP contribution in [0.5, 0.6) is 5.88 Å². The first-order valence-corrected chi connectivity index (χ1v) is 10.2. The van der Waals surface area contributed by atoms with Crippen LogP contribution in [0.3, 0.4) is 0 Å². The number of rotatable bonds is 6. The summed E-state index contributed by atoms with van der Waals surface area (Å²) in [6, 6.07) is 11.3. The molecule has 1 amide bonds. The zero-order valence-corrected chi connectivity index (χ0v) is 18.0. The number of amides is 1. The first-order chi connectivity index (χ1) is 13.8. The lowest BCUT2D eigenvalue weighted by Crippen LogP contribution is -2.48. The minimum absolute atomic E-state index is 0.00382. The summed E-state index contributed by atoms with van der Waals surface area (Å²) in [6.07, 6.45) is 1.58. The molecule has 1 aliphatic rings. The largest absolute Gasteiger partial charge is 0.475 e. The molecule has 0 atom stereocenters. The molecular weight excluding hydrogens is 390 g/mol. The van der Waals surface area contributed by atoms with Crippen LogP contribution in [0.4, 0.5) is 5.69 Å². The number of halogens is 1. The first kappa shape index (κ1) is 21.4. The van der Waals surface area contributed by atoms with Crippen molar-refractivity contribution >= 4 is 23.2 Å². The maximum Gasteiger partial charge on any atom is 0.255 e. The van der Waals surface area contributed by atoms with Crippen LogP contribution in [0, 0.1) is 0 Å². The smallest absolute Gasteiger partial charge is 0.255 e. The van der Waals surface area contributed by atoms with Gasteiger partial charge in [-0.25, -0.2) is 4.98 Å². The molecule has 3 rings (SSSR count). The summed E-state index contributed by atoms with van der Waals surface area (Å²) in [5, 5.41) is 0.726. The van der Waals surface area contributed by atoms with Gasteiger partial charge >= 0.3 is 0 Å². The number of pyridine rings is 1. The van der Waals surface area contributed by atoms with Gasteiger partial charge in [0, 0.05) is 49.2 Å². The van der Waals surface area contributed by atoms with Crippen molar-refractivity contribution in [1.82, 2.24) is 9.88 Å². The summed E-state index contributed by atoms with van der Waals surface area (Å²) in [6.45, 7) is 9.83. The highest BCUT2D eigenvalue weighted by molar-refractivity contribution is 6.30. The van der Waals surface area contributed by atoms with Crippen LogP contribution in [-0.2, 0) is 4.74 Å². The predicted molar refractivity (Wildman–Crippen MR) is 115 cm³/mol. The van der Waals surface area contributed by atoms with Crippen LogP contribution in [0.2, 0.25) is 5.02 Å². The maximum atomic E-state index is 12.8. The molecule has 1 aromatic carbocycles. The van der Waals surface area contributed by atoms with Gasteiger partial charge in [-0.2, -0.15) is 0 Å². The fourth-order valence-electron chi connectivity index (χ4n) is 3.09. The monoisotopic (exact) mass is 417 g/mol. The molecule has 0 spiro atoms. The number of carbonyl (C=O) groups excluding carboxylic acids is 1. The van der Waals surface area contributed by atoms with Crippen LogP contribution in [0.1, 0.15) is 31.1 Å². The van der Waals surface area contributed by atoms with E-state index in [2.05, 4.69) is 9.88 Å². The standard InChI is InChI=1S/C22H28ClN3O3/c1-22(2,3)29-15-14-28-20-9-4-17(16-24-20)21(27)26-12-10-25(11-13-26)19-7-5-18(23)6-8-19/h4-9,16H,10-15H2,1-3H3. The van der Waals surface area contributed by atoms with Gasteiger partial charge in [-0.05, 0) is 51.1 Å². The van der Waals surface area contributed by atoms with Crippen molar-refractivity contribution in [2.24, 2.45) is 0 Å². The fourth-order valence-corrected chi connectivity index (χ4v) is 3.21. The Morgan fingerprint density at radius 3 is 2.31 bits per heavy atom. The second kappa shape index (κ2) is 9.46. The summed E-state index contributed by atoms with van der Waals surface area (Å²) < 4.78 is 11.2. The van der Waals surface area contributed by atoms with E-state index < -0.39 is 0 Å². The molecule has 29 heavy (non-hydrogen) atoms. The van der Waals surface area contributed by atoms with Crippen molar-refractivity contribution in [2.45, 2.75) is 26.4 Å². The fraction of sp³-hybridized carbons (Fsp3) is 0.455. The number of hydrogen-bond donors (Lipinski definition) is 0. The van der Waals surface area contributed by atoms with E-state index in [1.54, 1.807) is 18.3 Å². The Kier molecular flexibility index (Phi) is 6.98. The zero-order chi connectivity index (χ0) is 20.9. The van der Waals surface area contributed by atoms with Crippen LogP contribution < -0.4 is 9.64 Å². The van der Waals surface area contributed by atoms with Crippen LogP contribution in [0.25, 0.3) is 0 Å². The molecule has 0 bridgehead atoms. The Balaban J connectivity index is 1.47. The number of benzene rings is 1. The quantitative estimate of drug-likeness (QED) is 0.667. The van der Waals surface area contributed by atoms with Crippen LogP contribution in [0.15, 0.2) is 42.6 Å². The van der Waals surface area contributed by atoms with Crippen molar-refractivity contribution in [3.63, 3.8) is 0 Å². The summed E-state index contributed by atoms with van der Waals surface area (Å²) >= 11 is 5.96. The van der Waals surface area contributed by atoms with Gasteiger partial charge in [-0.15, -0.1) is 0 Å². The van der Waals surface area contributed by atoms with Crippen LogP contribution >= 0.6 is 11.6 Å². The molecule has 1 saturated heterocycles. The molecule has 7 heteroatoms. The highest BCUT2D eigenvalue weighted by Crippen LogP contribution is 2.20. The van der Waals surface area contributed by atoms with Crippen molar-refractivity contribution < 1.29 is 14.3 Å². The van der Waals surface area contributed by atoms with Crippen molar-refractivity contribution in [3.05, 3.63) is 53.2 Å². The molecule has 0 aliphatic carbocycles. The van der Waals surface area contributed by atoms with Crippen molar-refractivity contribution in [2.75, 3.05) is 44.3 Å². The lowest BCUT2D eigenvalue weighted by molar-refractivity contribution is -0.0168. The average molecular weight is 418 g/mol. The molecule has 1 aromatic heterocycles. The number of piperazine rings is 1. The van der Waals surface area contributed by atoms with Gasteiger partial charge in [0.1, 0.15) is 6.61 Å². The van der Waals surface area contributed by atoms with Crippen molar-refractivity contribution in [1.29, 1.82) is 0 Å². The van der Waals surface area contributed by atoms with E-state index in [1.807, 2.05) is 49.9 Å². The van der Waals surface area contributed by atoms with E-state index in [4.69, 9.17) is 21.1 Å². The lowest BCUT2D eigenvalue weighted by Gasteiger charge is -2.36. The molecule has 0 N–H and O–H groups in total. The van der Waals surface area contributed by atoms with E-state index in [-0.39, 0.29) is 11.5 Å². The van der Waals surface area contributed by atoms with Gasteiger partial charge < -0.3 is 19.3 Å². The van der Waals surface area contributed by atoms with E-state index in [1.165, 1.54) is 0 Å². The average Bonchev–Trinajstić information content (AvgIpc) is 2.71. The normalized spacial score (nSPS) is 14.8. The molecule has 1 aliphatic heterocycles. The minimum atomic E-state index is -0.190. The molecule has 6 nitrogen and oxygen atoms in total. The number of hydrogen-bond acceptors (Lipinski definition) is 5. The van der Waals surface area contributed by atoms with E-state index in [0.717, 1.165) is 23.8 Å². The first-order valence-electron chi connectivity index (χ1n) is 9.84. The molecule has 1 fully saturated rings. The van der Waals surface area contributed by atoms with Gasteiger partial charge in [0.25, 0.3) is 5.91 Å². The van der Waals surface area contributed by atoms with Gasteiger partial charge in [0.15, 0.2) is 0 Å². The summed E-state index contributed by atoms with van der Waals surface area (Å²) in [5.41, 5.74) is 1.51. The summed E-state index contributed by atoms with van der Waals surface area (Å²) in [5.74, 6) is 0.488. The third-order valence-electron chi connectivity index (χ3n) is 4.61. The minimum Gasteiger partial charge on any atom is -0.475 e. The predicted octanol–water partition coefficient (Wildman–Crippen LogP) is 3.89. The Labute approximate surface area is 177 Å². The Hall–Kier alpha value is -2.31. The summed E-state index contributed by atoms with van der Waals surface area (Å²) in [4.78, 5) is 21.1. The lowest BCUT2D eigenvalue weighted by atomic mass is 10.2. The maximum absolute atomic E-state index is 12.8. The highest BCUT2D eigenvalue weighted by atomic mass is 35.5. The Morgan fingerprint density at radius 2 is 1.72 bits per heavy atom. The highest BCUT2D eigenvalue weighted by Gasteiger charge is 2.22. The third-order valence-corrected chi connectivity index (χ3v) is 4.86. The van der Waals surface area contributed by atoms with Gasteiger partial charge in [0.05, 0.1) is 17.8 Å². The van der Waals surface area contributed by atoms with E-state index in [0.29, 0.717) is 37.7 Å². The summed E-state index contributed by atoms with van der Waals surface area (Å²) in [7, 11) is 0. The number of nitrogens with zero attached hydrogens (tertiary/aromatic N) is 3. The molecule has 0 radical (unpaired) electrons. The number of aromatic nitrogens is 1. The number of carbonyl (C=O) groups is 1. The zero-order valence-electron chi connectivity index (χ0n) is 17.2. The SMILES string of the molecule is CC(C)(C)OCCOc1ccc(C(=O)N2CCN(c3ccc(Cl)cc3)CC2)cn1. The molecule has 156 valence electrons. The van der Waals surface area contributed by atoms with E-state index >= 15 is 0 Å². The number of anilines is 1. The van der Waals surface area contributed by atoms with Crippen molar-refractivity contribution in [3.8, 4) is 5.88 Å². The molecule has 0 unspecified atom stereocenters. The van der Waals surface area contributed by atoms with E-state index in [9.17, 15) is 4.79 Å². The van der Waals surface area contributed by atoms with Gasteiger partial charge in [-0.3, -0.25) is 4.79 Å². The molecule has 2 heterocycles. The second-order valence-corrected chi connectivity index (χ2v) is 8.39. The number of ether oxygens (including phenoxy) is 2. The Morgan fingerprint density at radius 1 is 1.03 bits per heavy atom. The Bertz CT molecular complexity index is 796. The second-order valence-electron chi connectivity index (χ2n) is 7.95. The topological polar surface area (TPSA) is 54.9 Å². The third kappa shape index (κ3) is 6.34. The van der Waals surface area contributed by atoms with Gasteiger partial charge in [0.2, 0.25) is 5.88 Å². The molecular formula is C22H28ClN3O3. The molecule has 2 aromatic rings. The molecule has 0 saturated carbocycles. The van der Waals surface area contributed by atoms with Gasteiger partial charge in [-0.1, -0.05) is 11.6 Å². The van der Waals surface area contributed by atoms with Crippen LogP contribution in [-0.4, -0.2) is 60.8 Å².